The molecule has 182 valence electrons. The van der Waals surface area contributed by atoms with E-state index < -0.39 is 8.32 Å². The summed E-state index contributed by atoms with van der Waals surface area (Å²) in [5.41, 5.74) is 1.08. The summed E-state index contributed by atoms with van der Waals surface area (Å²) in [5, 5.41) is 2.28. The predicted octanol–water partition coefficient (Wildman–Crippen LogP) is 5.53. The summed E-state index contributed by atoms with van der Waals surface area (Å²) < 4.78 is 13.0. The lowest BCUT2D eigenvalue weighted by Gasteiger charge is -2.43. The molecule has 4 rings (SSSR count). The van der Waals surface area contributed by atoms with Crippen LogP contribution < -0.4 is 10.4 Å². The number of hydrogen-bond acceptors (Lipinski definition) is 3. The third kappa shape index (κ3) is 5.11. The van der Waals surface area contributed by atoms with Crippen LogP contribution in [0.3, 0.4) is 0 Å². The summed E-state index contributed by atoms with van der Waals surface area (Å²) in [7, 11) is -2.72. The molecule has 0 spiro atoms. The molecule has 1 amide bonds. The Morgan fingerprint density at radius 2 is 1.43 bits per heavy atom. The van der Waals surface area contributed by atoms with Gasteiger partial charge in [-0.2, -0.15) is 0 Å². The minimum Gasteiger partial charge on any atom is -0.441 e. The molecule has 0 aliphatic carbocycles. The number of nitrogens with zero attached hydrogens (tertiary/aromatic N) is 1. The maximum absolute atomic E-state index is 13.0. The second-order valence-corrected chi connectivity index (χ2v) is 14.4. The highest BCUT2D eigenvalue weighted by atomic mass is 28.4. The molecular weight excluding hydrogens is 450 g/mol. The smallest absolute Gasteiger partial charge is 0.410 e. The lowest BCUT2D eigenvalue weighted by atomic mass is 10.1. The summed E-state index contributed by atoms with van der Waals surface area (Å²) in [6.07, 6.45) is 1.84. The van der Waals surface area contributed by atoms with Gasteiger partial charge in [0, 0.05) is 6.54 Å². The van der Waals surface area contributed by atoms with E-state index in [4.69, 9.17) is 9.16 Å². The average molecular weight is 486 g/mol. The van der Waals surface area contributed by atoms with Crippen molar-refractivity contribution in [2.75, 3.05) is 6.61 Å². The Balaban J connectivity index is 1.66. The van der Waals surface area contributed by atoms with Crippen molar-refractivity contribution >= 4 is 24.8 Å². The first-order valence-corrected chi connectivity index (χ1v) is 14.1. The van der Waals surface area contributed by atoms with E-state index in [0.29, 0.717) is 19.6 Å². The van der Waals surface area contributed by atoms with E-state index in [1.807, 2.05) is 53.4 Å². The largest absolute Gasteiger partial charge is 0.441 e. The van der Waals surface area contributed by atoms with Gasteiger partial charge in [0.05, 0.1) is 12.6 Å². The lowest BCUT2D eigenvalue weighted by Crippen LogP contribution is -2.67. The van der Waals surface area contributed by atoms with Crippen LogP contribution in [0.4, 0.5) is 4.79 Å². The fourth-order valence-corrected chi connectivity index (χ4v) is 9.71. The number of amides is 1. The summed E-state index contributed by atoms with van der Waals surface area (Å²) in [6, 6.07) is 31.0. The van der Waals surface area contributed by atoms with E-state index in [1.54, 1.807) is 0 Å². The van der Waals surface area contributed by atoms with Crippen LogP contribution in [-0.4, -0.2) is 38.1 Å². The van der Waals surface area contributed by atoms with Crippen LogP contribution in [0.15, 0.2) is 104 Å². The van der Waals surface area contributed by atoms with Gasteiger partial charge < -0.3 is 9.16 Å². The van der Waals surface area contributed by atoms with Crippen LogP contribution in [0.25, 0.3) is 0 Å². The molecule has 2 atom stereocenters. The maximum atomic E-state index is 13.0. The van der Waals surface area contributed by atoms with Crippen LogP contribution in [0, 0.1) is 0 Å². The van der Waals surface area contributed by atoms with Gasteiger partial charge in [0.2, 0.25) is 0 Å². The first kappa shape index (κ1) is 25.0. The van der Waals surface area contributed by atoms with Crippen LogP contribution in [0.5, 0.6) is 0 Å². The molecule has 1 aliphatic rings. The highest BCUT2D eigenvalue weighted by Gasteiger charge is 2.51. The van der Waals surface area contributed by atoms with Crippen molar-refractivity contribution in [1.29, 1.82) is 0 Å². The van der Waals surface area contributed by atoms with Crippen molar-refractivity contribution in [3.8, 4) is 0 Å². The third-order valence-electron chi connectivity index (χ3n) is 6.80. The molecule has 0 N–H and O–H groups in total. The maximum Gasteiger partial charge on any atom is 0.410 e. The van der Waals surface area contributed by atoms with Crippen molar-refractivity contribution in [3.63, 3.8) is 0 Å². The summed E-state index contributed by atoms with van der Waals surface area (Å²) >= 11 is 0. The van der Waals surface area contributed by atoms with Gasteiger partial charge in [0.15, 0.2) is 0 Å². The average Bonchev–Trinajstić information content (AvgIpc) is 3.15. The molecule has 35 heavy (non-hydrogen) atoms. The SMILES string of the molecule is C=CC[C@H]1[C@@H](CO[Si](c2ccccc2)(c2ccccc2)C(C)(C)C)OC(=O)N1Cc1ccccc1. The molecule has 1 saturated heterocycles. The molecular formula is C30H35NO3Si. The van der Waals surface area contributed by atoms with Gasteiger partial charge in [-0.3, -0.25) is 4.90 Å². The molecule has 3 aromatic carbocycles. The molecule has 4 nitrogen and oxygen atoms in total. The Labute approximate surface area is 210 Å². The van der Waals surface area contributed by atoms with Crippen molar-refractivity contribution < 1.29 is 14.0 Å². The molecule has 1 heterocycles. The number of cyclic esters (lactones) is 1. The van der Waals surface area contributed by atoms with Crippen molar-refractivity contribution in [2.24, 2.45) is 0 Å². The number of rotatable bonds is 9. The summed E-state index contributed by atoms with van der Waals surface area (Å²) in [4.78, 5) is 14.8. The fraction of sp³-hybridized carbons (Fsp3) is 0.300. The van der Waals surface area contributed by atoms with E-state index in [-0.39, 0.29) is 23.3 Å². The van der Waals surface area contributed by atoms with Gasteiger partial charge in [0.1, 0.15) is 6.10 Å². The molecule has 0 radical (unpaired) electrons. The Morgan fingerprint density at radius 1 is 0.914 bits per heavy atom. The van der Waals surface area contributed by atoms with Gasteiger partial charge in [0.25, 0.3) is 8.32 Å². The second-order valence-electron chi connectivity index (χ2n) is 10.1. The number of ether oxygens (including phenoxy) is 1. The highest BCUT2D eigenvalue weighted by molar-refractivity contribution is 6.99. The Bertz CT molecular complexity index is 1070. The number of carbonyl (C=O) groups is 1. The molecule has 0 bridgehead atoms. The topological polar surface area (TPSA) is 38.8 Å². The molecule has 0 saturated carbocycles. The molecule has 1 fully saturated rings. The Kier molecular flexibility index (Phi) is 7.58. The predicted molar refractivity (Wildman–Crippen MR) is 144 cm³/mol. The fourth-order valence-electron chi connectivity index (χ4n) is 5.14. The molecule has 5 heteroatoms. The summed E-state index contributed by atoms with van der Waals surface area (Å²) in [6.45, 7) is 11.5. The molecule has 1 aliphatic heterocycles. The van der Waals surface area contributed by atoms with Gasteiger partial charge in [-0.25, -0.2) is 4.79 Å². The molecule has 0 aromatic heterocycles. The van der Waals surface area contributed by atoms with E-state index in [2.05, 4.69) is 75.9 Å². The molecule has 3 aromatic rings. The zero-order valence-electron chi connectivity index (χ0n) is 20.9. The quantitative estimate of drug-likeness (QED) is 0.296. The first-order chi connectivity index (χ1) is 16.9. The standard InChI is InChI=1S/C30H35NO3Si/c1-5-15-27-28(34-29(32)31(27)22-24-16-9-6-10-17-24)23-33-35(30(2,3)4,25-18-11-7-12-19-25)26-20-13-8-14-21-26/h5-14,16-21,27-28H,1,15,22-23H2,2-4H3/t27-,28+/m0/s1. The second kappa shape index (κ2) is 10.6. The Hall–Kier alpha value is -3.15. The number of benzene rings is 3. The van der Waals surface area contributed by atoms with E-state index in [1.165, 1.54) is 10.4 Å². The molecule has 0 unspecified atom stereocenters. The summed E-state index contributed by atoms with van der Waals surface area (Å²) in [5.74, 6) is 0. The normalized spacial score (nSPS) is 18.4. The van der Waals surface area contributed by atoms with E-state index in [9.17, 15) is 4.79 Å². The van der Waals surface area contributed by atoms with Crippen LogP contribution in [0.2, 0.25) is 5.04 Å². The highest BCUT2D eigenvalue weighted by Crippen LogP contribution is 2.37. The van der Waals surface area contributed by atoms with Gasteiger partial charge in [-0.15, -0.1) is 6.58 Å². The third-order valence-corrected chi connectivity index (χ3v) is 11.8. The number of carbonyl (C=O) groups excluding carboxylic acids is 1. The Morgan fingerprint density at radius 3 is 1.91 bits per heavy atom. The van der Waals surface area contributed by atoms with Gasteiger partial charge in [-0.1, -0.05) is 118 Å². The minimum absolute atomic E-state index is 0.126. The van der Waals surface area contributed by atoms with Crippen molar-refractivity contribution in [2.45, 2.75) is 50.9 Å². The zero-order chi connectivity index (χ0) is 24.9. The van der Waals surface area contributed by atoms with Crippen molar-refractivity contribution in [1.82, 2.24) is 4.90 Å². The van der Waals surface area contributed by atoms with Crippen LogP contribution in [-0.2, 0) is 15.7 Å². The van der Waals surface area contributed by atoms with Crippen LogP contribution >= 0.6 is 0 Å². The van der Waals surface area contributed by atoms with Crippen molar-refractivity contribution in [3.05, 3.63) is 109 Å². The van der Waals surface area contributed by atoms with E-state index >= 15 is 0 Å². The zero-order valence-corrected chi connectivity index (χ0v) is 21.9. The van der Waals surface area contributed by atoms with E-state index in [0.717, 1.165) is 5.56 Å². The lowest BCUT2D eigenvalue weighted by molar-refractivity contribution is 0.0885. The first-order valence-electron chi connectivity index (χ1n) is 12.2. The minimum atomic E-state index is -2.72. The monoisotopic (exact) mass is 485 g/mol. The number of hydrogen-bond donors (Lipinski definition) is 0. The van der Waals surface area contributed by atoms with Crippen LogP contribution in [0.1, 0.15) is 32.8 Å². The van der Waals surface area contributed by atoms with Gasteiger partial charge >= 0.3 is 6.09 Å². The van der Waals surface area contributed by atoms with Gasteiger partial charge in [-0.05, 0) is 27.4 Å².